The van der Waals surface area contributed by atoms with Crippen molar-refractivity contribution < 1.29 is 33.0 Å². The summed E-state index contributed by atoms with van der Waals surface area (Å²) in [4.78, 5) is 30.6. The predicted octanol–water partition coefficient (Wildman–Crippen LogP) is 5.99. The predicted molar refractivity (Wildman–Crippen MR) is 204 cm³/mol. The van der Waals surface area contributed by atoms with E-state index in [1.165, 1.54) is 22.5 Å². The van der Waals surface area contributed by atoms with Crippen LogP contribution in [-0.2, 0) is 21.2 Å². The molecule has 4 N–H and O–H groups in total. The van der Waals surface area contributed by atoms with Gasteiger partial charge in [-0.3, -0.25) is 14.9 Å². The van der Waals surface area contributed by atoms with Crippen LogP contribution >= 0.6 is 11.3 Å². The van der Waals surface area contributed by atoms with Gasteiger partial charge in [-0.2, -0.15) is 4.31 Å². The third kappa shape index (κ3) is 9.34. The number of aliphatic hydroxyl groups excluding tert-OH is 1. The van der Waals surface area contributed by atoms with Crippen molar-refractivity contribution in [2.24, 2.45) is 5.92 Å². The van der Waals surface area contributed by atoms with Crippen molar-refractivity contribution in [1.82, 2.24) is 14.6 Å². The van der Waals surface area contributed by atoms with E-state index < -0.39 is 34.0 Å². The summed E-state index contributed by atoms with van der Waals surface area (Å²) in [6, 6.07) is 23.4. The lowest BCUT2D eigenvalue weighted by Crippen LogP contribution is -2.52. The van der Waals surface area contributed by atoms with Gasteiger partial charge in [-0.05, 0) is 80.1 Å². The van der Waals surface area contributed by atoms with Crippen LogP contribution in [0.5, 0.6) is 11.5 Å². The number of hydrogen-bond donors (Lipinski definition) is 4. The van der Waals surface area contributed by atoms with Crippen LogP contribution in [0.1, 0.15) is 46.5 Å². The highest BCUT2D eigenvalue weighted by Gasteiger charge is 2.32. The Balaban J connectivity index is 1.35. The zero-order chi connectivity index (χ0) is 37.6. The number of carbonyl (C=O) groups is 2. The number of aromatic hydroxyl groups is 1. The van der Waals surface area contributed by atoms with Crippen LogP contribution in [0.25, 0.3) is 10.2 Å². The van der Waals surface area contributed by atoms with Gasteiger partial charge >= 0.3 is 0 Å². The van der Waals surface area contributed by atoms with Gasteiger partial charge in [0, 0.05) is 24.2 Å². The average Bonchev–Trinajstić information content (AvgIpc) is 3.50. The van der Waals surface area contributed by atoms with Gasteiger partial charge in [-0.25, -0.2) is 13.4 Å². The summed E-state index contributed by atoms with van der Waals surface area (Å²) in [5, 5.41) is 27.6. The lowest BCUT2D eigenvalue weighted by molar-refractivity contribution is -0.124. The molecule has 0 aliphatic rings. The van der Waals surface area contributed by atoms with Gasteiger partial charge < -0.3 is 20.3 Å². The molecule has 2 atom stereocenters. The maximum Gasteiger partial charge on any atom is 0.258 e. The maximum atomic E-state index is 14.2. The number of phenols is 1. The number of phenolic OH excluding ortho intramolecular Hbond substituents is 1. The van der Waals surface area contributed by atoms with Crippen LogP contribution in [0, 0.1) is 26.7 Å². The third-order valence-electron chi connectivity index (χ3n) is 8.59. The third-order valence-corrected chi connectivity index (χ3v) is 11.4. The number of aromatic nitrogens is 1. The molecule has 2 amide bonds. The Kier molecular flexibility index (Phi) is 12.3. The SMILES string of the molecule is Cc1cccc(C)c1OCC(=O)N[C@@H](Cc1ccccc1)[C@H](O)CN(CC(C)C)S(=O)(=O)c1ccc2nc(NC(=O)c3cccc(O)c3C)sc2c1. The van der Waals surface area contributed by atoms with Gasteiger partial charge in [0.1, 0.15) is 11.5 Å². The number of nitrogens with zero attached hydrogens (tertiary/aromatic N) is 2. The number of fused-ring (bicyclic) bond motifs is 1. The average molecular weight is 745 g/mol. The number of ether oxygens (including phenoxy) is 1. The van der Waals surface area contributed by atoms with E-state index in [-0.39, 0.29) is 47.8 Å². The molecule has 1 heterocycles. The number of nitrogens with one attached hydrogen (secondary N) is 2. The summed E-state index contributed by atoms with van der Waals surface area (Å²) in [6.45, 7) is 8.78. The molecule has 0 saturated heterocycles. The molecule has 1 aromatic heterocycles. The Morgan fingerprint density at radius 1 is 0.923 bits per heavy atom. The van der Waals surface area contributed by atoms with Crippen LogP contribution in [0.3, 0.4) is 0 Å². The normalized spacial score (nSPS) is 12.9. The first-order valence-corrected chi connectivity index (χ1v) is 19.2. The number of para-hydroxylation sites is 1. The number of benzene rings is 4. The fourth-order valence-electron chi connectivity index (χ4n) is 5.88. The summed E-state index contributed by atoms with van der Waals surface area (Å²) in [5.74, 6) is -0.361. The van der Waals surface area contributed by atoms with Crippen molar-refractivity contribution >= 4 is 48.5 Å². The van der Waals surface area contributed by atoms with E-state index in [4.69, 9.17) is 4.74 Å². The number of aliphatic hydroxyl groups is 1. The van der Waals surface area contributed by atoms with Crippen molar-refractivity contribution in [3.63, 3.8) is 0 Å². The number of anilines is 1. The highest BCUT2D eigenvalue weighted by atomic mass is 32.2. The van der Waals surface area contributed by atoms with Gasteiger partial charge in [-0.15, -0.1) is 0 Å². The minimum absolute atomic E-state index is 0.00106. The Morgan fingerprint density at radius 2 is 1.62 bits per heavy atom. The smallest absolute Gasteiger partial charge is 0.258 e. The van der Waals surface area contributed by atoms with Gasteiger partial charge in [0.05, 0.1) is 27.3 Å². The molecule has 0 spiro atoms. The number of carbonyl (C=O) groups excluding carboxylic acids is 2. The van der Waals surface area contributed by atoms with Crippen molar-refractivity contribution in [1.29, 1.82) is 0 Å². The number of hydrogen-bond acceptors (Lipinski definition) is 9. The van der Waals surface area contributed by atoms with Crippen LogP contribution in [-0.4, -0.2) is 71.6 Å². The monoisotopic (exact) mass is 744 g/mol. The van der Waals surface area contributed by atoms with E-state index in [2.05, 4.69) is 15.6 Å². The molecular weight excluding hydrogens is 701 g/mol. The number of sulfonamides is 1. The molecular formula is C39H44N4O7S2. The maximum absolute atomic E-state index is 14.2. The van der Waals surface area contributed by atoms with Gasteiger partial charge in [0.2, 0.25) is 10.0 Å². The fourth-order valence-corrected chi connectivity index (χ4v) is 8.50. The van der Waals surface area contributed by atoms with Gasteiger partial charge in [0.15, 0.2) is 11.7 Å². The second-order valence-corrected chi connectivity index (χ2v) is 16.2. The minimum Gasteiger partial charge on any atom is -0.508 e. The van der Waals surface area contributed by atoms with Crippen molar-refractivity contribution in [2.75, 3.05) is 25.0 Å². The number of rotatable bonds is 15. The molecule has 5 rings (SSSR count). The number of aryl methyl sites for hydroxylation is 2. The Morgan fingerprint density at radius 3 is 2.31 bits per heavy atom. The molecule has 13 heteroatoms. The van der Waals surface area contributed by atoms with Crippen LogP contribution in [0.4, 0.5) is 5.13 Å². The molecule has 5 aromatic rings. The van der Waals surface area contributed by atoms with E-state index in [1.807, 2.05) is 76.2 Å². The molecule has 0 saturated carbocycles. The minimum atomic E-state index is -4.14. The van der Waals surface area contributed by atoms with Gasteiger partial charge in [0.25, 0.3) is 11.8 Å². The molecule has 11 nitrogen and oxygen atoms in total. The zero-order valence-electron chi connectivity index (χ0n) is 29.8. The lowest BCUT2D eigenvalue weighted by Gasteiger charge is -2.30. The summed E-state index contributed by atoms with van der Waals surface area (Å²) in [7, 11) is -4.14. The number of thiazole rings is 1. The molecule has 274 valence electrons. The van der Waals surface area contributed by atoms with Crippen LogP contribution in [0.2, 0.25) is 0 Å². The Bertz CT molecular complexity index is 2130. The van der Waals surface area contributed by atoms with Crippen molar-refractivity contribution in [3.05, 3.63) is 113 Å². The Labute approximate surface area is 308 Å². The lowest BCUT2D eigenvalue weighted by atomic mass is 10.0. The quantitative estimate of drug-likeness (QED) is 0.102. The Hall–Kier alpha value is -4.82. The molecule has 0 unspecified atom stereocenters. The van der Waals surface area contributed by atoms with E-state index >= 15 is 0 Å². The van der Waals surface area contributed by atoms with Crippen molar-refractivity contribution in [2.45, 2.75) is 58.1 Å². The molecule has 0 aliphatic carbocycles. The molecule has 52 heavy (non-hydrogen) atoms. The topological polar surface area (TPSA) is 158 Å². The molecule has 0 bridgehead atoms. The molecule has 0 aliphatic heterocycles. The fraction of sp³-hybridized carbons (Fsp3) is 0.308. The summed E-state index contributed by atoms with van der Waals surface area (Å²) >= 11 is 1.12. The number of amides is 2. The van der Waals surface area contributed by atoms with Crippen LogP contribution in [0.15, 0.2) is 89.8 Å². The largest absolute Gasteiger partial charge is 0.508 e. The first-order chi connectivity index (χ1) is 24.7. The van der Waals surface area contributed by atoms with Crippen LogP contribution < -0.4 is 15.4 Å². The summed E-state index contributed by atoms with van der Waals surface area (Å²) in [6.07, 6.45) is -1.01. The summed E-state index contributed by atoms with van der Waals surface area (Å²) in [5.41, 5.74) is 3.86. The molecule has 0 fully saturated rings. The highest BCUT2D eigenvalue weighted by Crippen LogP contribution is 2.31. The van der Waals surface area contributed by atoms with E-state index in [9.17, 15) is 28.2 Å². The van der Waals surface area contributed by atoms with E-state index in [0.29, 0.717) is 27.1 Å². The molecule has 4 aromatic carbocycles. The second kappa shape index (κ2) is 16.7. The van der Waals surface area contributed by atoms with E-state index in [0.717, 1.165) is 28.0 Å². The van der Waals surface area contributed by atoms with Gasteiger partial charge in [-0.1, -0.05) is 79.8 Å². The first kappa shape index (κ1) is 38.4. The second-order valence-electron chi connectivity index (χ2n) is 13.2. The molecule has 0 radical (unpaired) electrons. The van der Waals surface area contributed by atoms with E-state index in [1.54, 1.807) is 25.1 Å². The first-order valence-electron chi connectivity index (χ1n) is 16.9. The van der Waals surface area contributed by atoms with Crippen molar-refractivity contribution in [3.8, 4) is 11.5 Å². The highest BCUT2D eigenvalue weighted by molar-refractivity contribution is 7.89. The zero-order valence-corrected chi connectivity index (χ0v) is 31.4. The summed E-state index contributed by atoms with van der Waals surface area (Å²) < 4.78 is 36.1. The standard InChI is InChI=1S/C39H44N4O7S2/c1-24(2)21-43(22-34(45)32(19-28-13-7-6-8-14-28)40-36(46)23-50-37-25(3)11-9-12-26(37)4)52(48,49)29-17-18-31-35(20-29)51-39(41-31)42-38(47)30-15-10-16-33(44)27(30)5/h6-18,20,24,32,34,44-45H,19,21-23H2,1-5H3,(H,40,46)(H,41,42,47)/t32-,34+/m0/s1.